The van der Waals surface area contributed by atoms with Gasteiger partial charge in [0.25, 0.3) is 0 Å². The van der Waals surface area contributed by atoms with Crippen LogP contribution in [0.25, 0.3) is 0 Å². The van der Waals surface area contributed by atoms with E-state index in [1.165, 1.54) is 0 Å². The Bertz CT molecular complexity index is 287. The molecule has 7 heteroatoms. The summed E-state index contributed by atoms with van der Waals surface area (Å²) in [7, 11) is 0. The molecule has 0 fully saturated rings. The van der Waals surface area contributed by atoms with Gasteiger partial charge in [-0.2, -0.15) is 39.3 Å². The first-order chi connectivity index (χ1) is 7.22. The lowest BCUT2D eigenvalue weighted by molar-refractivity contribution is 0.922. The van der Waals surface area contributed by atoms with Crippen molar-refractivity contribution >= 4 is 36.3 Å². The Morgan fingerprint density at radius 3 is 2.33 bits per heavy atom. The fourth-order valence-corrected chi connectivity index (χ4v) is 2.25. The maximum atomic E-state index is 5.45. The van der Waals surface area contributed by atoms with E-state index in [9.17, 15) is 0 Å². The molecule has 15 heavy (non-hydrogen) atoms. The third-order valence-electron chi connectivity index (χ3n) is 1.63. The standard InChI is InChI=1S/C8H15N5S2/c9-7-11-6(12-8(10)13-7)2-5-15-4-1-3-14/h14H,1-5H2,(H4,9,10,11,12,13). The predicted octanol–water partition coefficient (Wildman–Crippen LogP) is 0.632. The quantitative estimate of drug-likeness (QED) is 0.503. The minimum absolute atomic E-state index is 0.192. The molecule has 0 radical (unpaired) electrons. The zero-order valence-corrected chi connectivity index (χ0v) is 10.1. The van der Waals surface area contributed by atoms with Gasteiger partial charge in [0.05, 0.1) is 0 Å². The van der Waals surface area contributed by atoms with Gasteiger partial charge in [-0.1, -0.05) is 0 Å². The first-order valence-electron chi connectivity index (χ1n) is 4.67. The first kappa shape index (κ1) is 12.4. The molecule has 0 spiro atoms. The van der Waals surface area contributed by atoms with Gasteiger partial charge in [0.15, 0.2) is 0 Å². The monoisotopic (exact) mass is 245 g/mol. The smallest absolute Gasteiger partial charge is 0.225 e. The maximum absolute atomic E-state index is 5.45. The Labute approximate surface area is 98.9 Å². The molecule has 0 saturated carbocycles. The van der Waals surface area contributed by atoms with Crippen LogP contribution in [-0.2, 0) is 6.42 Å². The Morgan fingerprint density at radius 2 is 1.73 bits per heavy atom. The number of aryl methyl sites for hydroxylation is 1. The van der Waals surface area contributed by atoms with Crippen molar-refractivity contribution in [2.45, 2.75) is 12.8 Å². The second-order valence-corrected chi connectivity index (χ2v) is 4.58. The van der Waals surface area contributed by atoms with Crippen LogP contribution in [0.3, 0.4) is 0 Å². The molecule has 84 valence electrons. The molecule has 0 aliphatic heterocycles. The van der Waals surface area contributed by atoms with Crippen molar-refractivity contribution in [3.8, 4) is 0 Å². The van der Waals surface area contributed by atoms with Crippen molar-refractivity contribution in [2.24, 2.45) is 0 Å². The zero-order chi connectivity index (χ0) is 11.1. The average molecular weight is 245 g/mol. The molecule has 0 atom stereocenters. The van der Waals surface area contributed by atoms with Crippen molar-refractivity contribution in [1.29, 1.82) is 0 Å². The fraction of sp³-hybridized carbons (Fsp3) is 0.625. The molecule has 4 N–H and O–H groups in total. The summed E-state index contributed by atoms with van der Waals surface area (Å²) in [6, 6.07) is 0. The number of rotatable bonds is 6. The zero-order valence-electron chi connectivity index (χ0n) is 8.39. The van der Waals surface area contributed by atoms with Crippen LogP contribution in [0.4, 0.5) is 11.9 Å². The molecule has 5 nitrogen and oxygen atoms in total. The third kappa shape index (κ3) is 5.08. The SMILES string of the molecule is Nc1nc(N)nc(CCSCCCS)n1. The van der Waals surface area contributed by atoms with Gasteiger partial charge in [-0.3, -0.25) is 0 Å². The molecule has 1 rings (SSSR count). The Kier molecular flexibility index (Phi) is 5.56. The molecule has 0 aliphatic rings. The summed E-state index contributed by atoms with van der Waals surface area (Å²) in [5.74, 6) is 4.06. The summed E-state index contributed by atoms with van der Waals surface area (Å²) in [5.41, 5.74) is 10.9. The van der Waals surface area contributed by atoms with Gasteiger partial charge >= 0.3 is 0 Å². The van der Waals surface area contributed by atoms with E-state index in [0.29, 0.717) is 5.82 Å². The van der Waals surface area contributed by atoms with Crippen LogP contribution in [0.5, 0.6) is 0 Å². The van der Waals surface area contributed by atoms with Crippen molar-refractivity contribution in [3.05, 3.63) is 5.82 Å². The number of hydrogen-bond acceptors (Lipinski definition) is 7. The highest BCUT2D eigenvalue weighted by molar-refractivity contribution is 7.99. The molecule has 0 aliphatic carbocycles. The van der Waals surface area contributed by atoms with E-state index in [0.717, 1.165) is 30.1 Å². The van der Waals surface area contributed by atoms with Crippen LogP contribution in [0.1, 0.15) is 12.2 Å². The van der Waals surface area contributed by atoms with Gasteiger partial charge in [-0.05, 0) is 17.9 Å². The number of nitrogens with zero attached hydrogens (tertiary/aromatic N) is 3. The van der Waals surface area contributed by atoms with Gasteiger partial charge < -0.3 is 11.5 Å². The first-order valence-corrected chi connectivity index (χ1v) is 6.45. The van der Waals surface area contributed by atoms with Gasteiger partial charge in [0.2, 0.25) is 11.9 Å². The average Bonchev–Trinajstić information content (AvgIpc) is 2.16. The molecule has 1 heterocycles. The van der Waals surface area contributed by atoms with Gasteiger partial charge in [-0.25, -0.2) is 0 Å². The summed E-state index contributed by atoms with van der Waals surface area (Å²) in [5, 5.41) is 0. The lowest BCUT2D eigenvalue weighted by Gasteiger charge is -2.01. The number of aromatic nitrogens is 3. The highest BCUT2D eigenvalue weighted by Gasteiger charge is 2.01. The van der Waals surface area contributed by atoms with Crippen LogP contribution in [0, 0.1) is 0 Å². The van der Waals surface area contributed by atoms with E-state index in [2.05, 4.69) is 27.6 Å². The van der Waals surface area contributed by atoms with Crippen molar-refractivity contribution in [2.75, 3.05) is 28.7 Å². The summed E-state index contributed by atoms with van der Waals surface area (Å²) in [4.78, 5) is 11.7. The van der Waals surface area contributed by atoms with Crippen molar-refractivity contribution in [3.63, 3.8) is 0 Å². The van der Waals surface area contributed by atoms with Crippen molar-refractivity contribution in [1.82, 2.24) is 15.0 Å². The topological polar surface area (TPSA) is 90.7 Å². The Morgan fingerprint density at radius 1 is 1.07 bits per heavy atom. The molecule has 1 aromatic rings. The summed E-state index contributed by atoms with van der Waals surface area (Å²) >= 11 is 5.99. The Balaban J connectivity index is 2.31. The van der Waals surface area contributed by atoms with E-state index < -0.39 is 0 Å². The maximum Gasteiger partial charge on any atom is 0.225 e. The number of nitrogens with two attached hydrogens (primary N) is 2. The van der Waals surface area contributed by atoms with E-state index in [1.54, 1.807) is 0 Å². The lowest BCUT2D eigenvalue weighted by Crippen LogP contribution is -2.07. The molecular formula is C8H15N5S2. The number of hydrogen-bond donors (Lipinski definition) is 3. The highest BCUT2D eigenvalue weighted by Crippen LogP contribution is 2.07. The van der Waals surface area contributed by atoms with Gasteiger partial charge in [0.1, 0.15) is 5.82 Å². The number of anilines is 2. The van der Waals surface area contributed by atoms with E-state index in [-0.39, 0.29) is 11.9 Å². The van der Waals surface area contributed by atoms with Crippen LogP contribution in [0.15, 0.2) is 0 Å². The third-order valence-corrected chi connectivity index (χ3v) is 3.02. The lowest BCUT2D eigenvalue weighted by atomic mass is 10.4. The van der Waals surface area contributed by atoms with E-state index in [4.69, 9.17) is 11.5 Å². The van der Waals surface area contributed by atoms with Crippen LogP contribution < -0.4 is 11.5 Å². The van der Waals surface area contributed by atoms with Crippen LogP contribution >= 0.6 is 24.4 Å². The second-order valence-electron chi connectivity index (χ2n) is 2.91. The van der Waals surface area contributed by atoms with Gasteiger partial charge in [-0.15, -0.1) is 0 Å². The second kappa shape index (κ2) is 6.73. The largest absolute Gasteiger partial charge is 0.368 e. The number of nitrogen functional groups attached to an aromatic ring is 2. The van der Waals surface area contributed by atoms with E-state index in [1.807, 2.05) is 11.8 Å². The Hall–Kier alpha value is -0.690. The minimum Gasteiger partial charge on any atom is -0.368 e. The summed E-state index contributed by atoms with van der Waals surface area (Å²) in [6.45, 7) is 0. The van der Waals surface area contributed by atoms with Crippen molar-refractivity contribution < 1.29 is 0 Å². The predicted molar refractivity (Wildman–Crippen MR) is 68.2 cm³/mol. The van der Waals surface area contributed by atoms with Gasteiger partial charge in [0, 0.05) is 12.2 Å². The minimum atomic E-state index is 0.192. The summed E-state index contributed by atoms with van der Waals surface area (Å²) < 4.78 is 0. The van der Waals surface area contributed by atoms with Crippen LogP contribution in [0.2, 0.25) is 0 Å². The normalized spacial score (nSPS) is 10.5. The van der Waals surface area contributed by atoms with E-state index >= 15 is 0 Å². The molecule has 0 amide bonds. The van der Waals surface area contributed by atoms with Crippen LogP contribution in [-0.4, -0.2) is 32.2 Å². The molecular weight excluding hydrogens is 230 g/mol. The molecule has 0 aromatic carbocycles. The molecule has 0 saturated heterocycles. The number of thioether (sulfide) groups is 1. The summed E-state index contributed by atoms with van der Waals surface area (Å²) in [6.07, 6.45) is 1.89. The molecule has 0 bridgehead atoms. The highest BCUT2D eigenvalue weighted by atomic mass is 32.2. The molecule has 0 unspecified atom stereocenters. The fourth-order valence-electron chi connectivity index (χ4n) is 1.00. The molecule has 1 aromatic heterocycles. The number of thiol groups is 1.